The fourth-order valence-electron chi connectivity index (χ4n) is 2.03. The molecule has 2 aromatic rings. The minimum Gasteiger partial charge on any atom is -0.315 e. The molecule has 1 aromatic carbocycles. The normalized spacial score (nSPS) is 10.5. The van der Waals surface area contributed by atoms with Gasteiger partial charge in [0.15, 0.2) is 0 Å². The van der Waals surface area contributed by atoms with Crippen molar-refractivity contribution >= 4 is 0 Å². The van der Waals surface area contributed by atoms with Crippen molar-refractivity contribution in [2.24, 2.45) is 0 Å². The summed E-state index contributed by atoms with van der Waals surface area (Å²) in [6, 6.07) is 12.2. The molecule has 2 heteroatoms. The molecule has 0 N–H and O–H groups in total. The Bertz CT molecular complexity index is 555. The largest absolute Gasteiger partial charge is 0.315 e. The lowest BCUT2D eigenvalue weighted by molar-refractivity contribution is 0.662. The topological polar surface area (TPSA) is 22.0 Å². The molecule has 0 fully saturated rings. The molecule has 2 rings (SSSR count). The summed E-state index contributed by atoms with van der Waals surface area (Å²) in [4.78, 5) is 11.9. The first-order chi connectivity index (χ1) is 8.16. The van der Waals surface area contributed by atoms with E-state index in [1.807, 2.05) is 44.3 Å². The van der Waals surface area contributed by atoms with Gasteiger partial charge in [-0.25, -0.2) is 0 Å². The number of aromatic nitrogens is 1. The fraction of sp³-hybridized carbons (Fsp3) is 0.267. The van der Waals surface area contributed by atoms with Gasteiger partial charge in [0.05, 0.1) is 0 Å². The van der Waals surface area contributed by atoms with Crippen molar-refractivity contribution in [3.8, 4) is 0 Å². The van der Waals surface area contributed by atoms with E-state index in [4.69, 9.17) is 0 Å². The average molecular weight is 227 g/mol. The van der Waals surface area contributed by atoms with Gasteiger partial charge in [-0.2, -0.15) is 0 Å². The van der Waals surface area contributed by atoms with Crippen molar-refractivity contribution < 1.29 is 0 Å². The van der Waals surface area contributed by atoms with E-state index in [0.29, 0.717) is 0 Å². The summed E-state index contributed by atoms with van der Waals surface area (Å²) < 4.78 is 1.80. The van der Waals surface area contributed by atoms with Gasteiger partial charge in [-0.3, -0.25) is 4.79 Å². The Labute approximate surface area is 102 Å². The van der Waals surface area contributed by atoms with E-state index in [-0.39, 0.29) is 5.56 Å². The Hall–Kier alpha value is -1.83. The Balaban J connectivity index is 2.17. The number of hydrogen-bond acceptors (Lipinski definition) is 1. The standard InChI is InChI=1S/C15H17NO/c1-12-10-13(2)15(17)16(11-12)9-8-14-6-4-3-5-7-14/h3-7,10-11H,8-9H2,1-2H3. The Morgan fingerprint density at radius 3 is 2.53 bits per heavy atom. The highest BCUT2D eigenvalue weighted by Crippen LogP contribution is 2.03. The molecule has 0 bridgehead atoms. The summed E-state index contributed by atoms with van der Waals surface area (Å²) in [7, 11) is 0. The van der Waals surface area contributed by atoms with Gasteiger partial charge in [0.25, 0.3) is 5.56 Å². The third-order valence-corrected chi connectivity index (χ3v) is 2.89. The SMILES string of the molecule is Cc1cc(C)c(=O)n(CCc2ccccc2)c1. The molecule has 1 aromatic heterocycles. The van der Waals surface area contributed by atoms with E-state index in [0.717, 1.165) is 24.1 Å². The van der Waals surface area contributed by atoms with Crippen LogP contribution in [0.3, 0.4) is 0 Å². The van der Waals surface area contributed by atoms with E-state index in [2.05, 4.69) is 12.1 Å². The lowest BCUT2D eigenvalue weighted by atomic mass is 10.1. The maximum Gasteiger partial charge on any atom is 0.253 e. The second-order valence-corrected chi connectivity index (χ2v) is 4.43. The molecule has 0 spiro atoms. The zero-order chi connectivity index (χ0) is 12.3. The van der Waals surface area contributed by atoms with Gasteiger partial charge in [-0.05, 0) is 37.5 Å². The van der Waals surface area contributed by atoms with Crippen LogP contribution in [-0.2, 0) is 13.0 Å². The Morgan fingerprint density at radius 1 is 1.12 bits per heavy atom. The van der Waals surface area contributed by atoms with Gasteiger partial charge in [0.1, 0.15) is 0 Å². The van der Waals surface area contributed by atoms with E-state index in [9.17, 15) is 4.79 Å². The molecule has 0 aliphatic carbocycles. The number of hydrogen-bond donors (Lipinski definition) is 0. The first-order valence-corrected chi connectivity index (χ1v) is 5.88. The smallest absolute Gasteiger partial charge is 0.253 e. The van der Waals surface area contributed by atoms with Crippen LogP contribution in [0.25, 0.3) is 0 Å². The number of rotatable bonds is 3. The Morgan fingerprint density at radius 2 is 1.82 bits per heavy atom. The summed E-state index contributed by atoms with van der Waals surface area (Å²) in [5.74, 6) is 0. The van der Waals surface area contributed by atoms with Crippen LogP contribution in [0.1, 0.15) is 16.7 Å². The van der Waals surface area contributed by atoms with E-state index >= 15 is 0 Å². The molecular formula is C15H17NO. The lowest BCUT2D eigenvalue weighted by Crippen LogP contribution is -2.22. The third-order valence-electron chi connectivity index (χ3n) is 2.89. The minimum atomic E-state index is 0.117. The van der Waals surface area contributed by atoms with Crippen molar-refractivity contribution in [2.45, 2.75) is 26.8 Å². The molecule has 1 heterocycles. The lowest BCUT2D eigenvalue weighted by Gasteiger charge is -2.08. The molecule has 2 nitrogen and oxygen atoms in total. The first-order valence-electron chi connectivity index (χ1n) is 5.88. The van der Waals surface area contributed by atoms with Crippen molar-refractivity contribution in [2.75, 3.05) is 0 Å². The van der Waals surface area contributed by atoms with Crippen LogP contribution in [0.2, 0.25) is 0 Å². The molecule has 0 aliphatic heterocycles. The highest BCUT2D eigenvalue weighted by molar-refractivity contribution is 5.18. The molecule has 88 valence electrons. The summed E-state index contributed by atoms with van der Waals surface area (Å²) in [6.45, 7) is 4.63. The molecule has 0 saturated heterocycles. The molecule has 0 unspecified atom stereocenters. The van der Waals surface area contributed by atoms with Gasteiger partial charge < -0.3 is 4.57 Å². The second-order valence-electron chi connectivity index (χ2n) is 4.43. The van der Waals surface area contributed by atoms with Gasteiger partial charge in [0, 0.05) is 18.3 Å². The zero-order valence-corrected chi connectivity index (χ0v) is 10.3. The van der Waals surface area contributed by atoms with Crippen LogP contribution < -0.4 is 5.56 Å². The average Bonchev–Trinajstić information content (AvgIpc) is 2.33. The predicted octanol–water partition coefficient (Wildman–Crippen LogP) is 2.71. The quantitative estimate of drug-likeness (QED) is 0.790. The number of nitrogens with zero attached hydrogens (tertiary/aromatic N) is 1. The van der Waals surface area contributed by atoms with Crippen LogP contribution in [0.4, 0.5) is 0 Å². The fourth-order valence-corrected chi connectivity index (χ4v) is 2.03. The van der Waals surface area contributed by atoms with Crippen LogP contribution in [0.15, 0.2) is 47.4 Å². The molecule has 0 saturated carbocycles. The maximum atomic E-state index is 11.9. The van der Waals surface area contributed by atoms with Gasteiger partial charge in [-0.1, -0.05) is 30.3 Å². The van der Waals surface area contributed by atoms with Crippen molar-refractivity contribution in [1.29, 1.82) is 0 Å². The Kier molecular flexibility index (Phi) is 3.43. The molecular weight excluding hydrogens is 210 g/mol. The van der Waals surface area contributed by atoms with Crippen LogP contribution in [0.5, 0.6) is 0 Å². The molecule has 0 atom stereocenters. The van der Waals surface area contributed by atoms with E-state index in [1.165, 1.54) is 5.56 Å². The highest BCUT2D eigenvalue weighted by Gasteiger charge is 2.01. The first kappa shape index (κ1) is 11.6. The van der Waals surface area contributed by atoms with Crippen molar-refractivity contribution in [1.82, 2.24) is 4.57 Å². The summed E-state index contributed by atoms with van der Waals surface area (Å²) in [6.07, 6.45) is 2.82. The van der Waals surface area contributed by atoms with Crippen LogP contribution in [0, 0.1) is 13.8 Å². The zero-order valence-electron chi connectivity index (χ0n) is 10.3. The minimum absolute atomic E-state index is 0.117. The van der Waals surface area contributed by atoms with Gasteiger partial charge in [0.2, 0.25) is 0 Å². The summed E-state index contributed by atoms with van der Waals surface area (Å²) in [5.41, 5.74) is 3.33. The van der Waals surface area contributed by atoms with Crippen molar-refractivity contribution in [3.05, 3.63) is 69.6 Å². The third kappa shape index (κ3) is 2.84. The van der Waals surface area contributed by atoms with Gasteiger partial charge >= 0.3 is 0 Å². The van der Waals surface area contributed by atoms with Crippen LogP contribution >= 0.6 is 0 Å². The second kappa shape index (κ2) is 5.00. The maximum absolute atomic E-state index is 11.9. The number of aryl methyl sites for hydroxylation is 4. The van der Waals surface area contributed by atoms with Crippen molar-refractivity contribution in [3.63, 3.8) is 0 Å². The molecule has 0 radical (unpaired) electrons. The highest BCUT2D eigenvalue weighted by atomic mass is 16.1. The number of benzene rings is 1. The summed E-state index contributed by atoms with van der Waals surface area (Å²) in [5, 5.41) is 0. The molecule has 0 amide bonds. The monoisotopic (exact) mass is 227 g/mol. The predicted molar refractivity (Wildman–Crippen MR) is 70.3 cm³/mol. The van der Waals surface area contributed by atoms with E-state index < -0.39 is 0 Å². The molecule has 0 aliphatic rings. The van der Waals surface area contributed by atoms with E-state index in [1.54, 1.807) is 4.57 Å². The molecule has 17 heavy (non-hydrogen) atoms. The number of pyridine rings is 1. The van der Waals surface area contributed by atoms with Crippen LogP contribution in [-0.4, -0.2) is 4.57 Å². The summed E-state index contributed by atoms with van der Waals surface area (Å²) >= 11 is 0. The van der Waals surface area contributed by atoms with Gasteiger partial charge in [-0.15, -0.1) is 0 Å².